The number of aromatic nitrogens is 2. The van der Waals surface area contributed by atoms with Crippen LogP contribution in [-0.2, 0) is 11.3 Å². The van der Waals surface area contributed by atoms with Crippen LogP contribution in [0.4, 0.5) is 11.4 Å². The Balaban J connectivity index is 1.55. The highest BCUT2D eigenvalue weighted by molar-refractivity contribution is 5.83. The predicted molar refractivity (Wildman–Crippen MR) is 107 cm³/mol. The molecule has 1 atom stereocenters. The molecule has 1 fully saturated rings. The Morgan fingerprint density at radius 3 is 2.70 bits per heavy atom. The molecule has 1 saturated heterocycles. The maximum atomic E-state index is 6.07. The molecule has 4 rings (SSSR count). The van der Waals surface area contributed by atoms with Crippen molar-refractivity contribution in [1.29, 1.82) is 0 Å². The molecule has 0 saturated carbocycles. The van der Waals surface area contributed by atoms with Gasteiger partial charge in [-0.25, -0.2) is 4.98 Å². The third kappa shape index (κ3) is 4.11. The highest BCUT2D eigenvalue weighted by atomic mass is 16.5. The van der Waals surface area contributed by atoms with E-state index in [9.17, 15) is 0 Å². The van der Waals surface area contributed by atoms with Crippen molar-refractivity contribution in [3.8, 4) is 5.88 Å². The molecule has 0 aliphatic carbocycles. The normalized spacial score (nSPS) is 16.4. The van der Waals surface area contributed by atoms with Crippen molar-refractivity contribution < 1.29 is 9.47 Å². The highest BCUT2D eigenvalue weighted by Crippen LogP contribution is 2.25. The molecule has 2 heterocycles. The Morgan fingerprint density at radius 2 is 1.89 bits per heavy atom. The molecule has 6 heteroatoms. The van der Waals surface area contributed by atoms with Crippen LogP contribution < -0.4 is 15.4 Å². The van der Waals surface area contributed by atoms with Crippen LogP contribution in [0.3, 0.4) is 0 Å². The van der Waals surface area contributed by atoms with Crippen molar-refractivity contribution in [2.45, 2.75) is 13.0 Å². The lowest BCUT2D eigenvalue weighted by Crippen LogP contribution is -2.14. The number of fused-ring (bicyclic) bond motifs is 1. The van der Waals surface area contributed by atoms with Crippen molar-refractivity contribution in [3.05, 3.63) is 54.4 Å². The number of benzene rings is 2. The Labute approximate surface area is 158 Å². The van der Waals surface area contributed by atoms with E-state index in [-0.39, 0.29) is 0 Å². The standard InChI is InChI=1S/C21H24N4O2/c1-22-18-8-4-5-9-19(18)23-12-20-24-17-7-3-2-6-16(17)21(25-20)27-14-15-10-11-26-13-15/h2-9,15,22-23H,10-14H2,1H3. The summed E-state index contributed by atoms with van der Waals surface area (Å²) >= 11 is 0. The molecule has 2 N–H and O–H groups in total. The topological polar surface area (TPSA) is 68.3 Å². The second-order valence-corrected chi connectivity index (χ2v) is 6.65. The van der Waals surface area contributed by atoms with Crippen LogP contribution in [-0.4, -0.2) is 36.8 Å². The third-order valence-electron chi connectivity index (χ3n) is 4.73. The zero-order chi connectivity index (χ0) is 18.5. The van der Waals surface area contributed by atoms with Gasteiger partial charge in [-0.3, -0.25) is 0 Å². The molecule has 1 aromatic heterocycles. The smallest absolute Gasteiger partial charge is 0.224 e. The van der Waals surface area contributed by atoms with Gasteiger partial charge >= 0.3 is 0 Å². The van der Waals surface area contributed by atoms with E-state index in [4.69, 9.17) is 9.47 Å². The lowest BCUT2D eigenvalue weighted by molar-refractivity contribution is 0.166. The first-order valence-corrected chi connectivity index (χ1v) is 9.30. The number of ether oxygens (including phenoxy) is 2. The van der Waals surface area contributed by atoms with Gasteiger partial charge in [0.05, 0.1) is 42.0 Å². The molecule has 140 valence electrons. The first kappa shape index (κ1) is 17.5. The molecule has 0 bridgehead atoms. The Kier molecular flexibility index (Phi) is 5.34. The van der Waals surface area contributed by atoms with Crippen LogP contribution in [0.25, 0.3) is 10.9 Å². The Morgan fingerprint density at radius 1 is 1.07 bits per heavy atom. The number of hydrogen-bond acceptors (Lipinski definition) is 6. The first-order chi connectivity index (χ1) is 13.3. The van der Waals surface area contributed by atoms with E-state index in [0.29, 0.717) is 30.8 Å². The molecule has 0 spiro atoms. The monoisotopic (exact) mass is 364 g/mol. The van der Waals surface area contributed by atoms with E-state index < -0.39 is 0 Å². The predicted octanol–water partition coefficient (Wildman–Crippen LogP) is 3.70. The van der Waals surface area contributed by atoms with E-state index in [1.165, 1.54) is 0 Å². The largest absolute Gasteiger partial charge is 0.477 e. The van der Waals surface area contributed by atoms with E-state index in [1.807, 2.05) is 55.6 Å². The summed E-state index contributed by atoms with van der Waals surface area (Å²) in [4.78, 5) is 9.36. The third-order valence-corrected chi connectivity index (χ3v) is 4.73. The van der Waals surface area contributed by atoms with Gasteiger partial charge in [0.2, 0.25) is 5.88 Å². The summed E-state index contributed by atoms with van der Waals surface area (Å²) < 4.78 is 11.5. The summed E-state index contributed by atoms with van der Waals surface area (Å²) in [6.45, 7) is 2.72. The summed E-state index contributed by atoms with van der Waals surface area (Å²) in [5.41, 5.74) is 2.95. The average Bonchev–Trinajstić information content (AvgIpc) is 3.24. The molecule has 1 unspecified atom stereocenters. The summed E-state index contributed by atoms with van der Waals surface area (Å²) in [7, 11) is 1.91. The van der Waals surface area contributed by atoms with Gasteiger partial charge in [0.25, 0.3) is 0 Å². The molecule has 27 heavy (non-hydrogen) atoms. The van der Waals surface area contributed by atoms with Crippen LogP contribution in [0.2, 0.25) is 0 Å². The molecular weight excluding hydrogens is 340 g/mol. The van der Waals surface area contributed by atoms with Crippen molar-refractivity contribution >= 4 is 22.3 Å². The fraction of sp³-hybridized carbons (Fsp3) is 0.333. The molecular formula is C21H24N4O2. The second-order valence-electron chi connectivity index (χ2n) is 6.65. The number of nitrogens with zero attached hydrogens (tertiary/aromatic N) is 2. The van der Waals surface area contributed by atoms with Crippen LogP contribution in [0.5, 0.6) is 5.88 Å². The lowest BCUT2D eigenvalue weighted by Gasteiger charge is -2.14. The summed E-state index contributed by atoms with van der Waals surface area (Å²) in [6.07, 6.45) is 1.04. The summed E-state index contributed by atoms with van der Waals surface area (Å²) in [5.74, 6) is 1.78. The minimum absolute atomic E-state index is 0.433. The van der Waals surface area contributed by atoms with E-state index in [0.717, 1.165) is 41.9 Å². The second kappa shape index (κ2) is 8.22. The van der Waals surface area contributed by atoms with Gasteiger partial charge in [0.15, 0.2) is 5.82 Å². The number of rotatable bonds is 7. The molecule has 6 nitrogen and oxygen atoms in total. The van der Waals surface area contributed by atoms with Crippen LogP contribution in [0.1, 0.15) is 12.2 Å². The molecule has 0 radical (unpaired) electrons. The van der Waals surface area contributed by atoms with Gasteiger partial charge in [0.1, 0.15) is 0 Å². The van der Waals surface area contributed by atoms with Gasteiger partial charge in [-0.15, -0.1) is 0 Å². The lowest BCUT2D eigenvalue weighted by atomic mass is 10.1. The van der Waals surface area contributed by atoms with Crippen molar-refractivity contribution in [2.24, 2.45) is 5.92 Å². The first-order valence-electron chi connectivity index (χ1n) is 9.30. The van der Waals surface area contributed by atoms with Crippen LogP contribution in [0, 0.1) is 5.92 Å². The SMILES string of the molecule is CNc1ccccc1NCc1nc(OCC2CCOC2)c2ccccc2n1. The Hall–Kier alpha value is -2.86. The highest BCUT2D eigenvalue weighted by Gasteiger charge is 2.18. The van der Waals surface area contributed by atoms with E-state index >= 15 is 0 Å². The molecule has 0 amide bonds. The van der Waals surface area contributed by atoms with E-state index in [2.05, 4.69) is 20.6 Å². The van der Waals surface area contributed by atoms with Crippen molar-refractivity contribution in [3.63, 3.8) is 0 Å². The van der Waals surface area contributed by atoms with Gasteiger partial charge in [-0.05, 0) is 30.7 Å². The average molecular weight is 364 g/mol. The van der Waals surface area contributed by atoms with Gasteiger partial charge in [0, 0.05) is 19.6 Å². The summed E-state index contributed by atoms with van der Waals surface area (Å²) in [6, 6.07) is 16.0. The number of anilines is 2. The number of nitrogens with one attached hydrogen (secondary N) is 2. The zero-order valence-electron chi connectivity index (χ0n) is 15.4. The van der Waals surface area contributed by atoms with Gasteiger partial charge in [-0.2, -0.15) is 4.98 Å². The van der Waals surface area contributed by atoms with Crippen LogP contribution in [0.15, 0.2) is 48.5 Å². The number of para-hydroxylation sites is 3. The Bertz CT molecular complexity index is 910. The molecule has 2 aromatic carbocycles. The maximum Gasteiger partial charge on any atom is 0.224 e. The minimum Gasteiger partial charge on any atom is -0.477 e. The number of hydrogen-bond donors (Lipinski definition) is 2. The molecule has 3 aromatic rings. The van der Waals surface area contributed by atoms with Crippen molar-refractivity contribution in [1.82, 2.24) is 9.97 Å². The van der Waals surface area contributed by atoms with E-state index in [1.54, 1.807) is 0 Å². The maximum absolute atomic E-state index is 6.07. The van der Waals surface area contributed by atoms with Gasteiger partial charge in [-0.1, -0.05) is 24.3 Å². The fourth-order valence-corrected chi connectivity index (χ4v) is 3.22. The van der Waals surface area contributed by atoms with Gasteiger partial charge < -0.3 is 20.1 Å². The molecule has 1 aliphatic rings. The molecule has 1 aliphatic heterocycles. The van der Waals surface area contributed by atoms with Crippen molar-refractivity contribution in [2.75, 3.05) is 37.5 Å². The quantitative estimate of drug-likeness (QED) is 0.666. The van der Waals surface area contributed by atoms with Crippen LogP contribution >= 0.6 is 0 Å². The summed E-state index contributed by atoms with van der Waals surface area (Å²) in [5, 5.41) is 7.53. The zero-order valence-corrected chi connectivity index (χ0v) is 15.4. The fourth-order valence-electron chi connectivity index (χ4n) is 3.22. The minimum atomic E-state index is 0.433.